The van der Waals surface area contributed by atoms with Gasteiger partial charge in [-0.3, -0.25) is 0 Å². The smallest absolute Gasteiger partial charge is 0.198 e. The van der Waals surface area contributed by atoms with Gasteiger partial charge < -0.3 is 10.1 Å². The van der Waals surface area contributed by atoms with Crippen LogP contribution in [0.2, 0.25) is 19.6 Å². The first-order valence-electron chi connectivity index (χ1n) is 7.46. The van der Waals surface area contributed by atoms with E-state index in [1.165, 1.54) is 5.56 Å². The maximum absolute atomic E-state index is 5.78. The van der Waals surface area contributed by atoms with Crippen LogP contribution < -0.4 is 10.1 Å². The Bertz CT molecular complexity index is 637. The lowest BCUT2D eigenvalue weighted by Gasteiger charge is -2.29. The number of para-hydroxylation sites is 1. The first-order valence-corrected chi connectivity index (χ1v) is 11.4. The molecule has 0 fully saturated rings. The lowest BCUT2D eigenvalue weighted by atomic mass is 10.1. The monoisotopic (exact) mass is 329 g/mol. The lowest BCUT2D eigenvalue weighted by Crippen LogP contribution is -2.39. The average molecular weight is 330 g/mol. The predicted molar refractivity (Wildman–Crippen MR) is 100 cm³/mol. The van der Waals surface area contributed by atoms with Crippen molar-refractivity contribution in [3.63, 3.8) is 0 Å². The number of thiocarbonyl (C=S) groups is 1. The molecule has 2 rings (SSSR count). The molecular weight excluding hydrogens is 306 g/mol. The highest BCUT2D eigenvalue weighted by atomic mass is 32.1. The second kappa shape index (κ2) is 7.18. The van der Waals surface area contributed by atoms with Crippen molar-refractivity contribution in [1.82, 2.24) is 5.32 Å². The molecule has 2 aromatic rings. The summed E-state index contributed by atoms with van der Waals surface area (Å²) in [6.45, 7) is 7.08. The Balaban J connectivity index is 2.22. The molecule has 0 aliphatic carbocycles. The Kier molecular flexibility index (Phi) is 5.50. The van der Waals surface area contributed by atoms with Gasteiger partial charge in [0, 0.05) is 11.2 Å². The van der Waals surface area contributed by atoms with E-state index in [0.29, 0.717) is 10.7 Å². The quantitative estimate of drug-likeness (QED) is 0.641. The second-order valence-corrected chi connectivity index (χ2v) is 12.1. The summed E-state index contributed by atoms with van der Waals surface area (Å²) in [5.74, 6) is 0.772. The zero-order valence-electron chi connectivity index (χ0n) is 13.6. The largest absolute Gasteiger partial charge is 0.445 e. The number of rotatable bonds is 5. The molecule has 2 nitrogen and oxygen atoms in total. The normalized spacial score (nSPS) is 12.7. The maximum Gasteiger partial charge on any atom is 0.198 e. The third-order valence-corrected chi connectivity index (χ3v) is 6.24. The third kappa shape index (κ3) is 4.26. The number of benzene rings is 2. The molecule has 0 aliphatic heterocycles. The molecule has 0 bridgehead atoms. The minimum absolute atomic E-state index is 0.395. The highest BCUT2D eigenvalue weighted by Crippen LogP contribution is 2.25. The summed E-state index contributed by atoms with van der Waals surface area (Å²) in [4.78, 5) is 0. The zero-order valence-corrected chi connectivity index (χ0v) is 15.4. The minimum Gasteiger partial charge on any atom is -0.445 e. The zero-order chi connectivity index (χ0) is 16.2. The van der Waals surface area contributed by atoms with Crippen LogP contribution in [0.5, 0.6) is 5.75 Å². The van der Waals surface area contributed by atoms with Gasteiger partial charge in [-0.05, 0) is 43.0 Å². The summed E-state index contributed by atoms with van der Waals surface area (Å²) < 4.78 is 5.78. The van der Waals surface area contributed by atoms with E-state index in [2.05, 4.69) is 43.2 Å². The van der Waals surface area contributed by atoms with Crippen LogP contribution in [-0.4, -0.2) is 20.2 Å². The summed E-state index contributed by atoms with van der Waals surface area (Å²) >= 11 is 5.45. The minimum atomic E-state index is -1.35. The number of ether oxygens (including phenoxy) is 1. The van der Waals surface area contributed by atoms with E-state index in [-0.39, 0.29) is 0 Å². The van der Waals surface area contributed by atoms with Gasteiger partial charge in [0.2, 0.25) is 0 Å². The van der Waals surface area contributed by atoms with Gasteiger partial charge in [0.1, 0.15) is 5.75 Å². The summed E-state index contributed by atoms with van der Waals surface area (Å²) in [6.07, 6.45) is 0. The molecule has 4 heteroatoms. The van der Waals surface area contributed by atoms with Crippen LogP contribution in [-0.2, 0) is 0 Å². The number of hydrogen-bond acceptors (Lipinski definition) is 3. The second-order valence-electron chi connectivity index (χ2n) is 6.42. The molecule has 0 heterocycles. The van der Waals surface area contributed by atoms with E-state index in [9.17, 15) is 0 Å². The highest BCUT2D eigenvalue weighted by molar-refractivity contribution is 7.80. The van der Waals surface area contributed by atoms with Crippen molar-refractivity contribution in [2.24, 2.45) is 0 Å². The first kappa shape index (κ1) is 16.9. The highest BCUT2D eigenvalue weighted by Gasteiger charge is 2.27. The van der Waals surface area contributed by atoms with Gasteiger partial charge >= 0.3 is 0 Å². The molecular formula is C18H23NOSSi. The van der Waals surface area contributed by atoms with Crippen molar-refractivity contribution in [1.29, 1.82) is 0 Å². The van der Waals surface area contributed by atoms with Crippen LogP contribution >= 0.6 is 12.2 Å². The van der Waals surface area contributed by atoms with Gasteiger partial charge in [-0.25, -0.2) is 0 Å². The van der Waals surface area contributed by atoms with Crippen molar-refractivity contribution >= 4 is 25.3 Å². The van der Waals surface area contributed by atoms with Gasteiger partial charge in [0.15, 0.2) is 5.05 Å². The van der Waals surface area contributed by atoms with Crippen LogP contribution in [0.15, 0.2) is 54.6 Å². The molecule has 1 N–H and O–H groups in total. The standard InChI is InChI=1S/C18H23NOSSi/c1-19-17(22(2,3)4)14-9-8-10-15(13-14)18(21)20-16-11-6-5-7-12-16/h5-13,17,19H,1-4H3. The fourth-order valence-electron chi connectivity index (χ4n) is 2.60. The van der Waals surface area contributed by atoms with Crippen LogP contribution in [0.3, 0.4) is 0 Å². The van der Waals surface area contributed by atoms with Crippen LogP contribution in [0.1, 0.15) is 16.8 Å². The maximum atomic E-state index is 5.78. The molecule has 0 aromatic heterocycles. The Hall–Kier alpha value is -1.49. The Morgan fingerprint density at radius 1 is 1.05 bits per heavy atom. The van der Waals surface area contributed by atoms with Crippen molar-refractivity contribution in [2.45, 2.75) is 25.3 Å². The van der Waals surface area contributed by atoms with Crippen molar-refractivity contribution in [3.8, 4) is 5.75 Å². The molecule has 0 aliphatic rings. The van der Waals surface area contributed by atoms with Gasteiger partial charge in [-0.1, -0.05) is 56.0 Å². The Labute approximate surface area is 139 Å². The molecule has 116 valence electrons. The van der Waals surface area contributed by atoms with E-state index in [1.54, 1.807) is 0 Å². The van der Waals surface area contributed by atoms with E-state index in [4.69, 9.17) is 17.0 Å². The first-order chi connectivity index (χ1) is 10.4. The number of hydrogen-bond donors (Lipinski definition) is 1. The van der Waals surface area contributed by atoms with E-state index in [1.807, 2.05) is 43.4 Å². The summed E-state index contributed by atoms with van der Waals surface area (Å²) in [6, 6.07) is 18.0. The lowest BCUT2D eigenvalue weighted by molar-refractivity contribution is 0.566. The van der Waals surface area contributed by atoms with Gasteiger partial charge in [-0.2, -0.15) is 0 Å². The molecule has 0 amide bonds. The van der Waals surface area contributed by atoms with E-state index in [0.717, 1.165) is 11.3 Å². The van der Waals surface area contributed by atoms with E-state index < -0.39 is 8.07 Å². The average Bonchev–Trinajstić information content (AvgIpc) is 2.48. The molecule has 2 aromatic carbocycles. The van der Waals surface area contributed by atoms with Crippen LogP contribution in [0.4, 0.5) is 0 Å². The van der Waals surface area contributed by atoms with Crippen molar-refractivity contribution < 1.29 is 4.74 Å². The molecule has 1 unspecified atom stereocenters. The third-order valence-electron chi connectivity index (χ3n) is 3.56. The van der Waals surface area contributed by atoms with E-state index >= 15 is 0 Å². The molecule has 0 spiro atoms. The molecule has 0 saturated heterocycles. The number of nitrogens with one attached hydrogen (secondary N) is 1. The van der Waals surface area contributed by atoms with Gasteiger partial charge in [0.05, 0.1) is 8.07 Å². The summed E-state index contributed by atoms with van der Waals surface area (Å²) in [5.41, 5.74) is 2.63. The predicted octanol–water partition coefficient (Wildman–Crippen LogP) is 4.58. The fraction of sp³-hybridized carbons (Fsp3) is 0.278. The van der Waals surface area contributed by atoms with Crippen LogP contribution in [0, 0.1) is 0 Å². The Morgan fingerprint density at radius 3 is 2.32 bits per heavy atom. The van der Waals surface area contributed by atoms with Crippen molar-refractivity contribution in [2.75, 3.05) is 7.05 Å². The van der Waals surface area contributed by atoms with Gasteiger partial charge in [-0.15, -0.1) is 0 Å². The summed E-state index contributed by atoms with van der Waals surface area (Å²) in [5, 5.41) is 3.96. The van der Waals surface area contributed by atoms with Crippen LogP contribution in [0.25, 0.3) is 0 Å². The molecule has 22 heavy (non-hydrogen) atoms. The molecule has 1 atom stereocenters. The Morgan fingerprint density at radius 2 is 1.73 bits per heavy atom. The summed E-state index contributed by atoms with van der Waals surface area (Å²) in [7, 11) is 0.668. The topological polar surface area (TPSA) is 21.3 Å². The molecule has 0 saturated carbocycles. The van der Waals surface area contributed by atoms with Gasteiger partial charge in [0.25, 0.3) is 0 Å². The molecule has 0 radical (unpaired) electrons. The fourth-order valence-corrected chi connectivity index (χ4v) is 4.87. The van der Waals surface area contributed by atoms with Crippen molar-refractivity contribution in [3.05, 3.63) is 65.7 Å². The SMILES string of the molecule is CNC(c1cccc(C(=S)Oc2ccccc2)c1)[Si](C)(C)C.